The van der Waals surface area contributed by atoms with E-state index in [2.05, 4.69) is 15.3 Å². The van der Waals surface area contributed by atoms with Crippen LogP contribution < -0.4 is 5.32 Å². The Morgan fingerprint density at radius 1 is 1.30 bits per heavy atom. The van der Waals surface area contributed by atoms with Gasteiger partial charge < -0.3 is 5.32 Å². The number of pyridine rings is 1. The van der Waals surface area contributed by atoms with E-state index in [-0.39, 0.29) is 5.91 Å². The Bertz CT molecular complexity index is 610. The second-order valence-corrected chi connectivity index (χ2v) is 6.00. The van der Waals surface area contributed by atoms with E-state index < -0.39 is 11.7 Å². The van der Waals surface area contributed by atoms with Gasteiger partial charge in [0.15, 0.2) is 5.13 Å². The number of amides is 1. The summed E-state index contributed by atoms with van der Waals surface area (Å²) in [4.78, 5) is 18.6. The molecule has 0 fully saturated rings. The lowest BCUT2D eigenvalue weighted by Gasteiger charge is -2.05. The van der Waals surface area contributed by atoms with Crippen molar-refractivity contribution in [3.8, 4) is 0 Å². The first-order chi connectivity index (χ1) is 9.34. The number of nitrogens with one attached hydrogen (secondary N) is 1. The Balaban J connectivity index is 2.06. The summed E-state index contributed by atoms with van der Waals surface area (Å²) in [6.45, 7) is 1.37. The molecule has 0 radical (unpaired) electrons. The van der Waals surface area contributed by atoms with Gasteiger partial charge in [-0.1, -0.05) is 23.1 Å². The number of rotatable bonds is 3. The van der Waals surface area contributed by atoms with Gasteiger partial charge in [0.2, 0.25) is 5.91 Å². The number of nitrogens with zero attached hydrogens (tertiary/aromatic N) is 2. The summed E-state index contributed by atoms with van der Waals surface area (Å²) >= 11 is 2.40. The third-order valence-corrected chi connectivity index (χ3v) is 4.00. The summed E-state index contributed by atoms with van der Waals surface area (Å²) in [5, 5.41) is 3.39. The van der Waals surface area contributed by atoms with Crippen LogP contribution in [0.4, 0.5) is 18.3 Å². The Labute approximate surface area is 120 Å². The minimum absolute atomic E-state index is 0.233. The quantitative estimate of drug-likeness (QED) is 0.938. The zero-order valence-electron chi connectivity index (χ0n) is 10.1. The third-order valence-electron chi connectivity index (χ3n) is 2.04. The maximum absolute atomic E-state index is 12.4. The Morgan fingerprint density at radius 3 is 2.60 bits per heavy atom. The molecule has 0 atom stereocenters. The number of hydrogen-bond donors (Lipinski definition) is 1. The van der Waals surface area contributed by atoms with Crippen LogP contribution in [0.1, 0.15) is 12.5 Å². The van der Waals surface area contributed by atoms with Gasteiger partial charge in [-0.25, -0.2) is 9.97 Å². The molecule has 4 nitrogen and oxygen atoms in total. The molecule has 1 N–H and O–H groups in total. The summed E-state index contributed by atoms with van der Waals surface area (Å²) < 4.78 is 37.9. The van der Waals surface area contributed by atoms with Crippen LogP contribution in [0.3, 0.4) is 0 Å². The molecule has 0 aromatic carbocycles. The highest BCUT2D eigenvalue weighted by Crippen LogP contribution is 2.34. The molecule has 2 heterocycles. The smallest absolute Gasteiger partial charge is 0.302 e. The van der Waals surface area contributed by atoms with Gasteiger partial charge in [-0.2, -0.15) is 13.2 Å². The third kappa shape index (κ3) is 3.94. The van der Waals surface area contributed by atoms with Gasteiger partial charge >= 0.3 is 6.18 Å². The Hall–Kier alpha value is -1.61. The van der Waals surface area contributed by atoms with E-state index in [0.29, 0.717) is 10.2 Å². The van der Waals surface area contributed by atoms with Crippen LogP contribution in [-0.4, -0.2) is 15.9 Å². The maximum Gasteiger partial charge on any atom is 0.417 e. The highest BCUT2D eigenvalue weighted by atomic mass is 32.2. The monoisotopic (exact) mass is 319 g/mol. The van der Waals surface area contributed by atoms with Crippen LogP contribution in [0, 0.1) is 0 Å². The zero-order chi connectivity index (χ0) is 14.8. The molecular formula is C11H8F3N3OS2. The van der Waals surface area contributed by atoms with Crippen molar-refractivity contribution < 1.29 is 18.0 Å². The number of alkyl halides is 3. The van der Waals surface area contributed by atoms with Gasteiger partial charge in [-0.3, -0.25) is 4.79 Å². The minimum Gasteiger partial charge on any atom is -0.302 e. The summed E-state index contributed by atoms with van der Waals surface area (Å²) in [6.07, 6.45) is -2.07. The van der Waals surface area contributed by atoms with Crippen LogP contribution in [0.25, 0.3) is 0 Å². The number of anilines is 1. The summed E-state index contributed by atoms with van der Waals surface area (Å²) in [7, 11) is 0. The Kier molecular flexibility index (Phi) is 4.29. The predicted molar refractivity (Wildman–Crippen MR) is 69.8 cm³/mol. The molecular weight excluding hydrogens is 311 g/mol. The Morgan fingerprint density at radius 2 is 2.05 bits per heavy atom. The second-order valence-electron chi connectivity index (χ2n) is 3.65. The molecule has 2 aromatic rings. The summed E-state index contributed by atoms with van der Waals surface area (Å²) in [5.41, 5.74) is -0.787. The summed E-state index contributed by atoms with van der Waals surface area (Å²) in [6, 6.07) is 2.27. The van der Waals surface area contributed by atoms with Crippen molar-refractivity contribution >= 4 is 34.1 Å². The van der Waals surface area contributed by atoms with Crippen molar-refractivity contribution in [3.63, 3.8) is 0 Å². The van der Waals surface area contributed by atoms with Crippen LogP contribution in [0.5, 0.6) is 0 Å². The van der Waals surface area contributed by atoms with Gasteiger partial charge in [-0.05, 0) is 12.1 Å². The van der Waals surface area contributed by atoms with Crippen LogP contribution in [-0.2, 0) is 11.0 Å². The first-order valence-corrected chi connectivity index (χ1v) is 6.92. The molecule has 106 valence electrons. The lowest BCUT2D eigenvalue weighted by molar-refractivity contribution is -0.137. The summed E-state index contributed by atoms with van der Waals surface area (Å²) in [5.74, 6) is -0.233. The largest absolute Gasteiger partial charge is 0.417 e. The molecule has 9 heteroatoms. The molecule has 2 aromatic heterocycles. The van der Waals surface area contributed by atoms with Gasteiger partial charge in [0.1, 0.15) is 5.03 Å². The topological polar surface area (TPSA) is 54.9 Å². The first-order valence-electron chi connectivity index (χ1n) is 5.29. The number of thiazole rings is 1. The second kappa shape index (κ2) is 5.80. The van der Waals surface area contributed by atoms with Crippen molar-refractivity contribution in [2.75, 3.05) is 5.32 Å². The fraction of sp³-hybridized carbons (Fsp3) is 0.182. The lowest BCUT2D eigenvalue weighted by atomic mass is 10.3. The number of carbonyl (C=O) groups excluding carboxylic acids is 1. The standard InChI is InChI=1S/C11H8F3N3OS2/c1-6(18)17-10-16-5-9(20-10)19-8-3-2-7(4-15-8)11(12,13)14/h2-5H,1H3,(H,16,17,18). The molecule has 0 aliphatic rings. The fourth-order valence-electron chi connectivity index (χ4n) is 1.23. The molecule has 1 amide bonds. The van der Waals surface area contributed by atoms with Crippen molar-refractivity contribution in [1.82, 2.24) is 9.97 Å². The van der Waals surface area contributed by atoms with Crippen molar-refractivity contribution in [3.05, 3.63) is 30.1 Å². The zero-order valence-corrected chi connectivity index (χ0v) is 11.7. The van der Waals surface area contributed by atoms with Crippen molar-refractivity contribution in [1.29, 1.82) is 0 Å². The average molecular weight is 319 g/mol. The first kappa shape index (κ1) is 14.8. The van der Waals surface area contributed by atoms with E-state index in [1.165, 1.54) is 42.3 Å². The van der Waals surface area contributed by atoms with E-state index in [1.807, 2.05) is 0 Å². The van der Waals surface area contributed by atoms with Gasteiger partial charge in [-0.15, -0.1) is 0 Å². The molecule has 0 spiro atoms. The highest BCUT2D eigenvalue weighted by Gasteiger charge is 2.30. The molecule has 0 aliphatic carbocycles. The molecule has 0 unspecified atom stereocenters. The van der Waals surface area contributed by atoms with E-state index in [4.69, 9.17) is 0 Å². The normalized spacial score (nSPS) is 11.4. The lowest BCUT2D eigenvalue weighted by Crippen LogP contribution is -2.04. The molecule has 0 saturated heterocycles. The van der Waals surface area contributed by atoms with Crippen LogP contribution in [0.15, 0.2) is 33.8 Å². The van der Waals surface area contributed by atoms with E-state index in [1.54, 1.807) is 0 Å². The van der Waals surface area contributed by atoms with Crippen LogP contribution >= 0.6 is 23.1 Å². The molecule has 0 saturated carbocycles. The number of carbonyl (C=O) groups is 1. The maximum atomic E-state index is 12.4. The van der Waals surface area contributed by atoms with Crippen LogP contribution in [0.2, 0.25) is 0 Å². The van der Waals surface area contributed by atoms with Gasteiger partial charge in [0.05, 0.1) is 16.0 Å². The highest BCUT2D eigenvalue weighted by molar-refractivity contribution is 8.01. The minimum atomic E-state index is -4.39. The molecule has 0 bridgehead atoms. The molecule has 0 aliphatic heterocycles. The number of aromatic nitrogens is 2. The van der Waals surface area contributed by atoms with Gasteiger partial charge in [0, 0.05) is 13.1 Å². The molecule has 20 heavy (non-hydrogen) atoms. The van der Waals surface area contributed by atoms with Crippen molar-refractivity contribution in [2.45, 2.75) is 22.3 Å². The fourth-order valence-corrected chi connectivity index (χ4v) is 3.04. The van der Waals surface area contributed by atoms with E-state index in [9.17, 15) is 18.0 Å². The average Bonchev–Trinajstić information content (AvgIpc) is 2.75. The number of halogens is 3. The van der Waals surface area contributed by atoms with E-state index >= 15 is 0 Å². The predicted octanol–water partition coefficient (Wildman–Crippen LogP) is 3.67. The molecule has 2 rings (SSSR count). The van der Waals surface area contributed by atoms with Gasteiger partial charge in [0.25, 0.3) is 0 Å². The van der Waals surface area contributed by atoms with E-state index in [0.717, 1.165) is 16.5 Å². The van der Waals surface area contributed by atoms with Crippen molar-refractivity contribution in [2.24, 2.45) is 0 Å². The SMILES string of the molecule is CC(=O)Nc1ncc(Sc2ccc(C(F)(F)F)cn2)s1. The number of hydrogen-bond acceptors (Lipinski definition) is 5.